The van der Waals surface area contributed by atoms with Gasteiger partial charge in [0.15, 0.2) is 0 Å². The van der Waals surface area contributed by atoms with Crippen LogP contribution >= 0.6 is 35.1 Å². The molecule has 1 aliphatic heterocycles. The maximum absolute atomic E-state index is 12.5. The van der Waals surface area contributed by atoms with Crippen LogP contribution in [-0.4, -0.2) is 22.3 Å². The van der Waals surface area contributed by atoms with E-state index in [9.17, 15) is 4.79 Å². The lowest BCUT2D eigenvalue weighted by Gasteiger charge is -2.33. The molecule has 3 heterocycles. The average molecular weight is 330 g/mol. The van der Waals surface area contributed by atoms with Gasteiger partial charge in [0.2, 0.25) is 0 Å². The van der Waals surface area contributed by atoms with Gasteiger partial charge in [-0.25, -0.2) is 4.98 Å². The van der Waals surface area contributed by atoms with Crippen molar-refractivity contribution in [3.8, 4) is 0 Å². The van der Waals surface area contributed by atoms with Gasteiger partial charge >= 0.3 is 0 Å². The van der Waals surface area contributed by atoms with E-state index in [1.54, 1.807) is 16.7 Å². The van der Waals surface area contributed by atoms with Gasteiger partial charge < -0.3 is 10.6 Å². The predicted molar refractivity (Wildman–Crippen MR) is 84.7 cm³/mol. The fourth-order valence-corrected chi connectivity index (χ4v) is 4.05. The number of thiazole rings is 1. The Morgan fingerprint density at radius 3 is 3.05 bits per heavy atom. The lowest BCUT2D eigenvalue weighted by atomic mass is 10.0. The van der Waals surface area contributed by atoms with Crippen LogP contribution in [0.2, 0.25) is 0 Å². The van der Waals surface area contributed by atoms with Crippen molar-refractivity contribution in [1.82, 2.24) is 9.88 Å². The summed E-state index contributed by atoms with van der Waals surface area (Å²) in [6, 6.07) is 2.25. The molecule has 1 atom stereocenters. The minimum Gasteiger partial charge on any atom is -0.330 e. The van der Waals surface area contributed by atoms with Crippen LogP contribution in [0.4, 0.5) is 0 Å². The molecule has 2 aromatic rings. The van der Waals surface area contributed by atoms with Gasteiger partial charge in [-0.2, -0.15) is 0 Å². The maximum atomic E-state index is 12.5. The second-order valence-corrected chi connectivity index (χ2v) is 6.50. The highest BCUT2D eigenvalue weighted by atomic mass is 35.5. The van der Waals surface area contributed by atoms with Crippen LogP contribution in [-0.2, 0) is 13.0 Å². The molecule has 0 spiro atoms. The quantitative estimate of drug-likeness (QED) is 0.921. The molecule has 4 nitrogen and oxygen atoms in total. The van der Waals surface area contributed by atoms with E-state index in [0.29, 0.717) is 12.2 Å². The van der Waals surface area contributed by atoms with Gasteiger partial charge in [0.25, 0.3) is 5.91 Å². The lowest BCUT2D eigenvalue weighted by molar-refractivity contribution is 0.0674. The second-order valence-electron chi connectivity index (χ2n) is 4.55. The molecular formula is C13H16ClN3OS2. The summed E-state index contributed by atoms with van der Waals surface area (Å²) in [5, 5.41) is 4.72. The Balaban J connectivity index is 0.00000147. The zero-order valence-corrected chi connectivity index (χ0v) is 13.5. The molecule has 0 aliphatic carbocycles. The van der Waals surface area contributed by atoms with E-state index in [0.717, 1.165) is 18.0 Å². The topological polar surface area (TPSA) is 59.2 Å². The molecule has 20 heavy (non-hydrogen) atoms. The summed E-state index contributed by atoms with van der Waals surface area (Å²) in [4.78, 5) is 20.1. The molecule has 0 aromatic carbocycles. The zero-order valence-electron chi connectivity index (χ0n) is 11.0. The van der Waals surface area contributed by atoms with Crippen LogP contribution in [0.3, 0.4) is 0 Å². The molecule has 0 radical (unpaired) electrons. The number of aromatic nitrogens is 1. The molecule has 3 rings (SSSR count). The fraction of sp³-hybridized carbons (Fsp3) is 0.385. The smallest absolute Gasteiger partial charge is 0.273 e. The van der Waals surface area contributed by atoms with Crippen molar-refractivity contribution in [2.24, 2.45) is 5.73 Å². The Bertz CT molecular complexity index is 610. The van der Waals surface area contributed by atoms with E-state index in [1.807, 2.05) is 4.90 Å². The normalized spacial score (nSPS) is 17.5. The number of nitrogens with zero attached hydrogens (tertiary/aromatic N) is 2. The van der Waals surface area contributed by atoms with Crippen LogP contribution in [0.15, 0.2) is 16.8 Å². The summed E-state index contributed by atoms with van der Waals surface area (Å²) < 4.78 is 0. The van der Waals surface area contributed by atoms with Gasteiger partial charge in [0.05, 0.1) is 6.04 Å². The first-order chi connectivity index (χ1) is 9.20. The van der Waals surface area contributed by atoms with Crippen molar-refractivity contribution in [2.45, 2.75) is 25.9 Å². The number of halogens is 1. The Labute approximate surface area is 132 Å². The molecule has 108 valence electrons. The van der Waals surface area contributed by atoms with Crippen molar-refractivity contribution < 1.29 is 4.79 Å². The van der Waals surface area contributed by atoms with Gasteiger partial charge in [-0.05, 0) is 30.4 Å². The number of hydrogen-bond donors (Lipinski definition) is 1. The Morgan fingerprint density at radius 1 is 1.55 bits per heavy atom. The number of rotatable bonds is 2. The van der Waals surface area contributed by atoms with Crippen LogP contribution in [0.25, 0.3) is 0 Å². The molecule has 1 unspecified atom stereocenters. The average Bonchev–Trinajstić information content (AvgIpc) is 3.07. The first-order valence-corrected chi connectivity index (χ1v) is 7.98. The van der Waals surface area contributed by atoms with Crippen molar-refractivity contribution in [3.05, 3.63) is 38.0 Å². The molecule has 0 fully saturated rings. The number of amides is 1. The van der Waals surface area contributed by atoms with Crippen molar-refractivity contribution in [2.75, 3.05) is 6.54 Å². The maximum Gasteiger partial charge on any atom is 0.273 e. The Morgan fingerprint density at radius 2 is 2.35 bits per heavy atom. The molecule has 0 bridgehead atoms. The summed E-state index contributed by atoms with van der Waals surface area (Å²) >= 11 is 3.23. The molecular weight excluding hydrogens is 314 g/mol. The van der Waals surface area contributed by atoms with Gasteiger partial charge in [-0.1, -0.05) is 0 Å². The third kappa shape index (κ3) is 2.61. The van der Waals surface area contributed by atoms with Crippen LogP contribution < -0.4 is 5.73 Å². The number of carbonyl (C=O) groups is 1. The molecule has 1 aliphatic rings. The zero-order chi connectivity index (χ0) is 13.4. The number of thiophene rings is 1. The molecule has 7 heteroatoms. The third-order valence-electron chi connectivity index (χ3n) is 3.48. The van der Waals surface area contributed by atoms with Crippen molar-refractivity contribution >= 4 is 41.0 Å². The van der Waals surface area contributed by atoms with Crippen LogP contribution in [0.5, 0.6) is 0 Å². The van der Waals surface area contributed by atoms with E-state index >= 15 is 0 Å². The van der Waals surface area contributed by atoms with Gasteiger partial charge in [-0.3, -0.25) is 4.79 Å². The highest BCUT2D eigenvalue weighted by molar-refractivity contribution is 7.10. The molecule has 2 aromatic heterocycles. The van der Waals surface area contributed by atoms with Gasteiger partial charge in [0.1, 0.15) is 10.7 Å². The molecule has 0 saturated carbocycles. The third-order valence-corrected chi connectivity index (χ3v) is 5.35. The number of fused-ring (bicyclic) bond motifs is 1. The summed E-state index contributed by atoms with van der Waals surface area (Å²) in [7, 11) is 0. The minimum atomic E-state index is 0. The van der Waals surface area contributed by atoms with Crippen LogP contribution in [0, 0.1) is 0 Å². The monoisotopic (exact) mass is 329 g/mol. The Hall–Kier alpha value is -0.950. The lowest BCUT2D eigenvalue weighted by Crippen LogP contribution is -2.38. The van der Waals surface area contributed by atoms with Crippen molar-refractivity contribution in [3.63, 3.8) is 0 Å². The van der Waals surface area contributed by atoms with E-state index in [4.69, 9.17) is 5.73 Å². The summed E-state index contributed by atoms with van der Waals surface area (Å²) in [6.45, 7) is 3.24. The van der Waals surface area contributed by atoms with E-state index in [-0.39, 0.29) is 24.4 Å². The first kappa shape index (κ1) is 15.4. The van der Waals surface area contributed by atoms with E-state index in [1.165, 1.54) is 21.8 Å². The highest BCUT2D eigenvalue weighted by Crippen LogP contribution is 2.33. The summed E-state index contributed by atoms with van der Waals surface area (Å²) in [5.74, 6) is 0.0142. The SMILES string of the molecule is CC1c2ccsc2CCN1C(=O)c1csc(CN)n1.Cl. The Kier molecular flexibility index (Phi) is 4.80. The largest absolute Gasteiger partial charge is 0.330 e. The number of nitrogens with two attached hydrogens (primary N) is 1. The first-order valence-electron chi connectivity index (χ1n) is 6.22. The molecule has 1 amide bonds. The van der Waals surface area contributed by atoms with Gasteiger partial charge in [0, 0.05) is 23.3 Å². The molecule has 2 N–H and O–H groups in total. The van der Waals surface area contributed by atoms with Gasteiger partial charge in [-0.15, -0.1) is 35.1 Å². The van der Waals surface area contributed by atoms with Crippen LogP contribution in [0.1, 0.15) is 38.9 Å². The van der Waals surface area contributed by atoms with E-state index < -0.39 is 0 Å². The number of carbonyl (C=O) groups excluding carboxylic acids is 1. The van der Waals surface area contributed by atoms with E-state index in [2.05, 4.69) is 23.4 Å². The summed E-state index contributed by atoms with van der Waals surface area (Å²) in [6.07, 6.45) is 0.941. The predicted octanol–water partition coefficient (Wildman–Crippen LogP) is 2.84. The standard InChI is InChI=1S/C13H15N3OS2.ClH/c1-8-9-3-5-18-11(9)2-4-16(8)13(17)10-7-19-12(6-14)15-10;/h3,5,7-8H,2,4,6,14H2,1H3;1H. The van der Waals surface area contributed by atoms with Crippen molar-refractivity contribution in [1.29, 1.82) is 0 Å². The molecule has 0 saturated heterocycles. The highest BCUT2D eigenvalue weighted by Gasteiger charge is 2.29. The second kappa shape index (κ2) is 6.22. The fourth-order valence-electron chi connectivity index (χ4n) is 2.44. The minimum absolute atomic E-state index is 0. The number of hydrogen-bond acceptors (Lipinski definition) is 5. The summed E-state index contributed by atoms with van der Waals surface area (Å²) in [5.41, 5.74) is 7.34.